The molecule has 2 N–H and O–H groups in total. The van der Waals surface area contributed by atoms with Gasteiger partial charge in [-0.1, -0.05) is 5.11 Å². The second-order valence-corrected chi connectivity index (χ2v) is 2.42. The van der Waals surface area contributed by atoms with Gasteiger partial charge in [0.2, 0.25) is 0 Å². The van der Waals surface area contributed by atoms with E-state index in [1.165, 1.54) is 0 Å². The van der Waals surface area contributed by atoms with Gasteiger partial charge in [-0.3, -0.25) is 4.79 Å². The Balaban J connectivity index is 3.87. The maximum atomic E-state index is 11.6. The molecule has 0 amide bonds. The highest BCUT2D eigenvalue weighted by atomic mass is 19.1. The van der Waals surface area contributed by atoms with E-state index in [4.69, 9.17) is 15.7 Å². The molecule has 2 atom stereocenters. The summed E-state index contributed by atoms with van der Waals surface area (Å²) in [6.07, 6.45) is -3.18. The molecule has 6 nitrogen and oxygen atoms in total. The second-order valence-electron chi connectivity index (χ2n) is 2.42. The number of alkyl halides is 1. The predicted molar refractivity (Wildman–Crippen MR) is 41.6 cm³/mol. The molecule has 0 aromatic carbocycles. The van der Waals surface area contributed by atoms with Crippen LogP contribution in [0, 0.1) is 0 Å². The minimum absolute atomic E-state index is 0.336. The van der Waals surface area contributed by atoms with Gasteiger partial charge in [0.05, 0.1) is 18.8 Å². The Morgan fingerprint density at radius 1 is 1.54 bits per heavy atom. The third-order valence-electron chi connectivity index (χ3n) is 1.36. The van der Waals surface area contributed by atoms with Crippen molar-refractivity contribution in [3.8, 4) is 0 Å². The van der Waals surface area contributed by atoms with Crippen LogP contribution in [0.2, 0.25) is 0 Å². The second kappa shape index (κ2) is 6.36. The van der Waals surface area contributed by atoms with Gasteiger partial charge in [-0.2, -0.15) is 0 Å². The molecule has 0 saturated carbocycles. The summed E-state index contributed by atoms with van der Waals surface area (Å²) < 4.78 is 11.6. The molecule has 0 bridgehead atoms. The Morgan fingerprint density at radius 2 is 2.15 bits per heavy atom. The molecule has 0 radical (unpaired) electrons. The fraction of sp³-hybridized carbons (Fsp3) is 0.833. The molecule has 0 rings (SSSR count). The number of carbonyl (C=O) groups is 1. The van der Waals surface area contributed by atoms with Crippen molar-refractivity contribution in [1.82, 2.24) is 0 Å². The van der Waals surface area contributed by atoms with Crippen molar-refractivity contribution in [1.29, 1.82) is 0 Å². The third kappa shape index (κ3) is 5.13. The maximum Gasteiger partial charge on any atom is 0.166 e. The number of carbonyl (C=O) groups excluding carboxylic acids is 1. The lowest BCUT2D eigenvalue weighted by molar-refractivity contribution is -0.123. The molecule has 13 heavy (non-hydrogen) atoms. The molecule has 0 aliphatic rings. The van der Waals surface area contributed by atoms with Crippen molar-refractivity contribution < 1.29 is 19.4 Å². The standard InChI is InChI=1S/C6H10FN3O3/c7-2-4(11)1-5(12)6(13)3-9-10-8/h5-6,12-13H,1-3H2/t5-,6+/m0/s1. The molecule has 0 aromatic rings. The Kier molecular flexibility index (Phi) is 5.79. The number of hydrogen-bond donors (Lipinski definition) is 2. The number of hydrogen-bond acceptors (Lipinski definition) is 4. The SMILES string of the molecule is [N-]=[N+]=NC[C@@H](O)[C@@H](O)CC(=O)CF. The number of aliphatic hydroxyl groups excluding tert-OH is 2. The molecular weight excluding hydrogens is 181 g/mol. The lowest BCUT2D eigenvalue weighted by atomic mass is 10.1. The van der Waals surface area contributed by atoms with E-state index in [2.05, 4.69) is 10.0 Å². The fourth-order valence-electron chi connectivity index (χ4n) is 0.666. The van der Waals surface area contributed by atoms with Crippen molar-refractivity contribution in [2.24, 2.45) is 5.11 Å². The van der Waals surface area contributed by atoms with Crippen LogP contribution in [0.3, 0.4) is 0 Å². The summed E-state index contributed by atoms with van der Waals surface area (Å²) in [5.41, 5.74) is 7.86. The minimum atomic E-state index is -1.38. The van der Waals surface area contributed by atoms with Gasteiger partial charge < -0.3 is 10.2 Å². The topological polar surface area (TPSA) is 106 Å². The Bertz CT molecular complexity index is 217. The van der Waals surface area contributed by atoms with Gasteiger partial charge in [0.1, 0.15) is 6.67 Å². The average Bonchev–Trinajstić information content (AvgIpc) is 2.13. The summed E-state index contributed by atoms with van der Waals surface area (Å²) >= 11 is 0. The van der Waals surface area contributed by atoms with Crippen LogP contribution < -0.4 is 0 Å². The summed E-state index contributed by atoms with van der Waals surface area (Å²) in [5.74, 6) is -0.799. The molecule has 7 heteroatoms. The number of ketones is 1. The minimum Gasteiger partial charge on any atom is -0.390 e. The first kappa shape index (κ1) is 11.8. The quantitative estimate of drug-likeness (QED) is 0.349. The number of nitrogens with zero attached hydrogens (tertiary/aromatic N) is 3. The van der Waals surface area contributed by atoms with Crippen molar-refractivity contribution >= 4 is 5.78 Å². The van der Waals surface area contributed by atoms with Gasteiger partial charge in [0.25, 0.3) is 0 Å². The van der Waals surface area contributed by atoms with Crippen LogP contribution >= 0.6 is 0 Å². The van der Waals surface area contributed by atoms with Gasteiger partial charge >= 0.3 is 0 Å². The number of azide groups is 1. The van der Waals surface area contributed by atoms with E-state index >= 15 is 0 Å². The molecule has 0 unspecified atom stereocenters. The van der Waals surface area contributed by atoms with Crippen LogP contribution in [0.15, 0.2) is 5.11 Å². The van der Waals surface area contributed by atoms with E-state index in [0.717, 1.165) is 0 Å². The Morgan fingerprint density at radius 3 is 2.62 bits per heavy atom. The molecule has 0 spiro atoms. The summed E-state index contributed by atoms with van der Waals surface area (Å²) in [5, 5.41) is 21.0. The van der Waals surface area contributed by atoms with Crippen molar-refractivity contribution in [2.75, 3.05) is 13.2 Å². The van der Waals surface area contributed by atoms with Gasteiger partial charge in [-0.05, 0) is 5.53 Å². The molecule has 0 aliphatic carbocycles. The predicted octanol–water partition coefficient (Wildman–Crippen LogP) is -0.0528. The summed E-state index contributed by atoms with van der Waals surface area (Å²) in [6, 6.07) is 0. The van der Waals surface area contributed by atoms with Crippen molar-refractivity contribution in [3.05, 3.63) is 10.4 Å². The first-order chi connectivity index (χ1) is 6.11. The van der Waals surface area contributed by atoms with E-state index < -0.39 is 31.1 Å². The Hall–Kier alpha value is -1.17. The van der Waals surface area contributed by atoms with Crippen LogP contribution in [0.4, 0.5) is 4.39 Å². The fourth-order valence-corrected chi connectivity index (χ4v) is 0.666. The average molecular weight is 191 g/mol. The number of rotatable bonds is 6. The molecule has 74 valence electrons. The number of halogens is 1. The zero-order valence-electron chi connectivity index (χ0n) is 6.80. The molecule has 0 saturated heterocycles. The molecule has 0 aromatic heterocycles. The zero-order valence-corrected chi connectivity index (χ0v) is 6.80. The zero-order chi connectivity index (χ0) is 10.3. The third-order valence-corrected chi connectivity index (χ3v) is 1.36. The normalized spacial score (nSPS) is 14.4. The molecule has 0 heterocycles. The molecule has 0 fully saturated rings. The van der Waals surface area contributed by atoms with Crippen LogP contribution in [0.5, 0.6) is 0 Å². The van der Waals surface area contributed by atoms with Crippen molar-refractivity contribution in [3.63, 3.8) is 0 Å². The van der Waals surface area contributed by atoms with Crippen LogP contribution in [0.1, 0.15) is 6.42 Å². The Labute approximate surface area is 73.6 Å². The number of aliphatic hydroxyl groups is 2. The maximum absolute atomic E-state index is 11.6. The van der Waals surface area contributed by atoms with E-state index in [0.29, 0.717) is 0 Å². The van der Waals surface area contributed by atoms with Gasteiger partial charge in [0, 0.05) is 11.3 Å². The van der Waals surface area contributed by atoms with E-state index in [-0.39, 0.29) is 6.54 Å². The highest BCUT2D eigenvalue weighted by Gasteiger charge is 2.18. The van der Waals surface area contributed by atoms with Gasteiger partial charge in [-0.25, -0.2) is 4.39 Å². The van der Waals surface area contributed by atoms with E-state index in [9.17, 15) is 9.18 Å². The smallest absolute Gasteiger partial charge is 0.166 e. The first-order valence-electron chi connectivity index (χ1n) is 3.56. The highest BCUT2D eigenvalue weighted by molar-refractivity contribution is 5.79. The van der Waals surface area contributed by atoms with Crippen molar-refractivity contribution in [2.45, 2.75) is 18.6 Å². The van der Waals surface area contributed by atoms with E-state index in [1.54, 1.807) is 0 Å². The highest BCUT2D eigenvalue weighted by Crippen LogP contribution is 2.01. The van der Waals surface area contributed by atoms with Crippen LogP contribution in [0.25, 0.3) is 10.4 Å². The monoisotopic (exact) mass is 191 g/mol. The molecular formula is C6H10FN3O3. The van der Waals surface area contributed by atoms with Crippen LogP contribution in [-0.2, 0) is 4.79 Å². The molecule has 0 aliphatic heterocycles. The lowest BCUT2D eigenvalue weighted by Crippen LogP contribution is -2.31. The van der Waals surface area contributed by atoms with Crippen LogP contribution in [-0.4, -0.2) is 41.4 Å². The first-order valence-corrected chi connectivity index (χ1v) is 3.56. The van der Waals surface area contributed by atoms with Gasteiger partial charge in [0.15, 0.2) is 5.78 Å². The summed E-state index contributed by atoms with van der Waals surface area (Å²) in [6.45, 7) is -1.51. The summed E-state index contributed by atoms with van der Waals surface area (Å²) in [4.78, 5) is 12.8. The van der Waals surface area contributed by atoms with Gasteiger partial charge in [-0.15, -0.1) is 0 Å². The number of Topliss-reactive ketones (excluding diaryl/α,β-unsaturated/α-hetero) is 1. The largest absolute Gasteiger partial charge is 0.390 e. The van der Waals surface area contributed by atoms with E-state index in [1.807, 2.05) is 0 Å². The summed E-state index contributed by atoms with van der Waals surface area (Å²) in [7, 11) is 0. The lowest BCUT2D eigenvalue weighted by Gasteiger charge is -2.13.